The van der Waals surface area contributed by atoms with E-state index in [1.807, 2.05) is 61.2 Å². The number of carbonyl (C=O) groups is 1. The van der Waals surface area contributed by atoms with Gasteiger partial charge < -0.3 is 5.32 Å². The highest BCUT2D eigenvalue weighted by atomic mass is 16.2. The minimum Gasteiger partial charge on any atom is -0.352 e. The number of carbonyl (C=O) groups excluding carboxylic acids is 1. The van der Waals surface area contributed by atoms with Crippen LogP contribution in [0, 0.1) is 6.92 Å². The molecule has 0 aliphatic carbocycles. The number of nitrogens with zero attached hydrogens (tertiary/aromatic N) is 3. The van der Waals surface area contributed by atoms with Gasteiger partial charge in [0.2, 0.25) is 5.91 Å². The summed E-state index contributed by atoms with van der Waals surface area (Å²) in [5.74, 6) is -0.0340. The second-order valence-electron chi connectivity index (χ2n) is 6.32. The summed E-state index contributed by atoms with van der Waals surface area (Å²) in [5, 5.41) is 3.86. The summed E-state index contributed by atoms with van der Waals surface area (Å²) in [4.78, 5) is 28.8. The summed E-state index contributed by atoms with van der Waals surface area (Å²) in [6, 6.07) is 8.92. The third-order valence-electron chi connectivity index (χ3n) is 4.11. The van der Waals surface area contributed by atoms with E-state index in [0.29, 0.717) is 12.1 Å². The Hall–Kier alpha value is -2.63. The molecule has 0 aliphatic rings. The van der Waals surface area contributed by atoms with Gasteiger partial charge in [-0.3, -0.25) is 14.3 Å². The monoisotopic (exact) mass is 326 g/mol. The Morgan fingerprint density at radius 1 is 1.29 bits per heavy atom. The Balaban J connectivity index is 2.36. The van der Waals surface area contributed by atoms with Gasteiger partial charge in [-0.15, -0.1) is 0 Å². The number of fused-ring (bicyclic) bond motifs is 3. The van der Waals surface area contributed by atoms with E-state index >= 15 is 0 Å². The number of rotatable bonds is 4. The normalized spacial score (nSPS) is 12.9. The molecule has 1 unspecified atom stereocenters. The number of benzene rings is 1. The van der Waals surface area contributed by atoms with Gasteiger partial charge in [0.25, 0.3) is 5.56 Å². The zero-order chi connectivity index (χ0) is 17.4. The van der Waals surface area contributed by atoms with Gasteiger partial charge in [-0.25, -0.2) is 4.52 Å². The van der Waals surface area contributed by atoms with Crippen molar-refractivity contribution in [3.05, 3.63) is 46.4 Å². The summed E-state index contributed by atoms with van der Waals surface area (Å²) in [5.41, 5.74) is 1.97. The zero-order valence-electron chi connectivity index (χ0n) is 14.4. The van der Waals surface area contributed by atoms with E-state index in [9.17, 15) is 9.59 Å². The van der Waals surface area contributed by atoms with Crippen LogP contribution in [0.5, 0.6) is 0 Å². The smallest absolute Gasteiger partial charge is 0.273 e. The lowest BCUT2D eigenvalue weighted by atomic mass is 10.2. The van der Waals surface area contributed by atoms with Crippen LogP contribution in [0.2, 0.25) is 0 Å². The molecule has 0 spiro atoms. The zero-order valence-corrected chi connectivity index (χ0v) is 14.4. The number of amides is 1. The van der Waals surface area contributed by atoms with E-state index in [1.54, 1.807) is 0 Å². The molecule has 3 rings (SSSR count). The summed E-state index contributed by atoms with van der Waals surface area (Å²) in [6.45, 7) is 7.73. The van der Waals surface area contributed by atoms with Crippen LogP contribution < -0.4 is 10.9 Å². The SMILES string of the molecule is CCC(C(=O)NC(C)C)n1c2ccccc2c2nc(=O)cc(C)n21. The molecule has 3 aromatic rings. The summed E-state index contributed by atoms with van der Waals surface area (Å²) in [7, 11) is 0. The van der Waals surface area contributed by atoms with Crippen LogP contribution in [-0.4, -0.2) is 26.1 Å². The molecule has 126 valence electrons. The first-order chi connectivity index (χ1) is 11.4. The predicted molar refractivity (Wildman–Crippen MR) is 94.3 cm³/mol. The molecule has 1 amide bonds. The molecule has 6 nitrogen and oxygen atoms in total. The number of hydrogen-bond donors (Lipinski definition) is 1. The standard InChI is InChI=1S/C18H22N4O2/c1-5-14(18(24)19-11(2)3)22-15-9-7-6-8-13(15)17-20-16(23)10-12(4)21(17)22/h6-11,14H,5H2,1-4H3,(H,19,24). The van der Waals surface area contributed by atoms with Gasteiger partial charge >= 0.3 is 0 Å². The summed E-state index contributed by atoms with van der Waals surface area (Å²) < 4.78 is 3.82. The van der Waals surface area contributed by atoms with Crippen LogP contribution in [0.3, 0.4) is 0 Å². The van der Waals surface area contributed by atoms with Crippen molar-refractivity contribution in [2.75, 3.05) is 0 Å². The number of aryl methyl sites for hydroxylation is 1. The Kier molecular flexibility index (Phi) is 4.13. The van der Waals surface area contributed by atoms with Crippen LogP contribution in [-0.2, 0) is 4.79 Å². The van der Waals surface area contributed by atoms with Crippen molar-refractivity contribution < 1.29 is 4.79 Å². The van der Waals surface area contributed by atoms with Crippen molar-refractivity contribution in [2.24, 2.45) is 0 Å². The van der Waals surface area contributed by atoms with Gasteiger partial charge in [0.05, 0.1) is 5.52 Å². The molecule has 0 saturated heterocycles. The second-order valence-corrected chi connectivity index (χ2v) is 6.32. The molecule has 0 radical (unpaired) electrons. The van der Waals surface area contributed by atoms with Gasteiger partial charge in [-0.1, -0.05) is 19.1 Å². The van der Waals surface area contributed by atoms with Crippen molar-refractivity contribution >= 4 is 22.5 Å². The van der Waals surface area contributed by atoms with Gasteiger partial charge in [0.1, 0.15) is 6.04 Å². The molecular weight excluding hydrogens is 304 g/mol. The first-order valence-electron chi connectivity index (χ1n) is 8.24. The maximum atomic E-state index is 12.7. The Labute approximate surface area is 140 Å². The maximum Gasteiger partial charge on any atom is 0.273 e. The third-order valence-corrected chi connectivity index (χ3v) is 4.11. The molecule has 1 atom stereocenters. The van der Waals surface area contributed by atoms with Crippen LogP contribution in [0.4, 0.5) is 0 Å². The molecule has 2 aromatic heterocycles. The molecule has 24 heavy (non-hydrogen) atoms. The number of para-hydroxylation sites is 1. The summed E-state index contributed by atoms with van der Waals surface area (Å²) >= 11 is 0. The number of hydrogen-bond acceptors (Lipinski definition) is 3. The molecule has 2 heterocycles. The molecule has 6 heteroatoms. The number of nitrogens with one attached hydrogen (secondary N) is 1. The Bertz CT molecular complexity index is 968. The van der Waals surface area contributed by atoms with Crippen molar-refractivity contribution in [3.8, 4) is 0 Å². The maximum absolute atomic E-state index is 12.7. The lowest BCUT2D eigenvalue weighted by Crippen LogP contribution is -2.37. The molecule has 0 aliphatic heterocycles. The molecule has 1 N–H and O–H groups in total. The van der Waals surface area contributed by atoms with Crippen molar-refractivity contribution in [1.82, 2.24) is 19.5 Å². The topological polar surface area (TPSA) is 68.4 Å². The third kappa shape index (κ3) is 2.58. The molecule has 0 bridgehead atoms. The van der Waals surface area contributed by atoms with E-state index in [0.717, 1.165) is 16.6 Å². The van der Waals surface area contributed by atoms with Crippen LogP contribution in [0.25, 0.3) is 16.6 Å². The van der Waals surface area contributed by atoms with E-state index in [1.165, 1.54) is 6.07 Å². The largest absolute Gasteiger partial charge is 0.352 e. The molecule has 1 aromatic carbocycles. The van der Waals surface area contributed by atoms with E-state index < -0.39 is 0 Å². The molecular formula is C18H22N4O2. The predicted octanol–water partition coefficient (Wildman–Crippen LogP) is 2.43. The van der Waals surface area contributed by atoms with Crippen LogP contribution >= 0.6 is 0 Å². The van der Waals surface area contributed by atoms with Gasteiger partial charge in [-0.2, -0.15) is 4.98 Å². The minimum atomic E-state index is -0.377. The van der Waals surface area contributed by atoms with Gasteiger partial charge in [0, 0.05) is 23.2 Å². The van der Waals surface area contributed by atoms with Gasteiger partial charge in [0.15, 0.2) is 5.65 Å². The highest BCUT2D eigenvalue weighted by molar-refractivity contribution is 5.94. The summed E-state index contributed by atoms with van der Waals surface area (Å²) in [6.07, 6.45) is 0.637. The Morgan fingerprint density at radius 3 is 2.67 bits per heavy atom. The number of aromatic nitrogens is 3. The van der Waals surface area contributed by atoms with Crippen LogP contribution in [0.15, 0.2) is 35.1 Å². The van der Waals surface area contributed by atoms with E-state index in [4.69, 9.17) is 0 Å². The quantitative estimate of drug-likeness (QED) is 0.800. The fourth-order valence-electron chi connectivity index (χ4n) is 3.16. The first-order valence-corrected chi connectivity index (χ1v) is 8.24. The van der Waals surface area contributed by atoms with E-state index in [-0.39, 0.29) is 23.6 Å². The minimum absolute atomic E-state index is 0.0340. The van der Waals surface area contributed by atoms with Crippen molar-refractivity contribution in [2.45, 2.75) is 46.2 Å². The van der Waals surface area contributed by atoms with Crippen molar-refractivity contribution in [1.29, 1.82) is 0 Å². The highest BCUT2D eigenvalue weighted by Gasteiger charge is 2.24. The van der Waals surface area contributed by atoms with E-state index in [2.05, 4.69) is 10.3 Å². The lowest BCUT2D eigenvalue weighted by Gasteiger charge is -2.21. The highest BCUT2D eigenvalue weighted by Crippen LogP contribution is 2.26. The fourth-order valence-corrected chi connectivity index (χ4v) is 3.16. The Morgan fingerprint density at radius 2 is 2.00 bits per heavy atom. The lowest BCUT2D eigenvalue weighted by molar-refractivity contribution is -0.125. The molecule has 0 fully saturated rings. The average Bonchev–Trinajstić information content (AvgIpc) is 2.83. The van der Waals surface area contributed by atoms with Gasteiger partial charge in [-0.05, 0) is 39.3 Å². The fraction of sp³-hybridized carbons (Fsp3) is 0.389. The van der Waals surface area contributed by atoms with Crippen molar-refractivity contribution in [3.63, 3.8) is 0 Å². The second kappa shape index (κ2) is 6.11. The first kappa shape index (κ1) is 16.2. The van der Waals surface area contributed by atoms with Crippen LogP contribution in [0.1, 0.15) is 38.9 Å². The average molecular weight is 326 g/mol. The molecule has 0 saturated carbocycles.